The van der Waals surface area contributed by atoms with Gasteiger partial charge >= 0.3 is 6.03 Å². The average Bonchev–Trinajstić information content (AvgIpc) is 2.63. The van der Waals surface area contributed by atoms with Crippen LogP contribution in [-0.2, 0) is 0 Å². The topological polar surface area (TPSA) is 74.0 Å². The van der Waals surface area contributed by atoms with Gasteiger partial charge in [0.15, 0.2) is 0 Å². The zero-order chi connectivity index (χ0) is 18.5. The zero-order valence-electron chi connectivity index (χ0n) is 13.5. The molecule has 0 saturated carbocycles. The molecule has 0 saturated heterocycles. The molecule has 0 fully saturated rings. The summed E-state index contributed by atoms with van der Waals surface area (Å²) < 4.78 is 0. The summed E-state index contributed by atoms with van der Waals surface area (Å²) >= 11 is 11.9. The summed E-state index contributed by atoms with van der Waals surface area (Å²) in [5.41, 5.74) is 1.67. The standard InChI is InChI=1S/C19H15Cl2N3O2/c20-14-10-9-13(11-15(14)21)22-19(26)24-18(12-5-2-1-3-6-12)16-7-4-8-17(25)23-16/h1-11,18H,(H,23,25)(H2,22,24,26). The van der Waals surface area contributed by atoms with Gasteiger partial charge in [-0.05, 0) is 29.8 Å². The molecule has 0 bridgehead atoms. The summed E-state index contributed by atoms with van der Waals surface area (Å²) in [5, 5.41) is 6.32. The van der Waals surface area contributed by atoms with Gasteiger partial charge in [0.05, 0.1) is 16.1 Å². The Hall–Kier alpha value is -2.76. The Morgan fingerprint density at radius 3 is 2.38 bits per heavy atom. The van der Waals surface area contributed by atoms with Crippen LogP contribution in [0.25, 0.3) is 0 Å². The number of urea groups is 1. The molecule has 0 aliphatic heterocycles. The van der Waals surface area contributed by atoms with Gasteiger partial charge in [0.2, 0.25) is 5.56 Å². The van der Waals surface area contributed by atoms with Crippen molar-refractivity contribution in [2.45, 2.75) is 6.04 Å². The van der Waals surface area contributed by atoms with E-state index in [1.54, 1.807) is 30.3 Å². The van der Waals surface area contributed by atoms with Crippen molar-refractivity contribution in [1.29, 1.82) is 0 Å². The number of hydrogen-bond donors (Lipinski definition) is 3. The maximum absolute atomic E-state index is 12.5. The average molecular weight is 388 g/mol. The van der Waals surface area contributed by atoms with Crippen LogP contribution in [0.15, 0.2) is 71.5 Å². The minimum atomic E-state index is -0.520. The minimum absolute atomic E-state index is 0.241. The highest BCUT2D eigenvalue weighted by Gasteiger charge is 2.17. The molecule has 1 aromatic heterocycles. The molecule has 2 aromatic carbocycles. The molecule has 5 nitrogen and oxygen atoms in total. The van der Waals surface area contributed by atoms with Crippen LogP contribution in [0, 0.1) is 0 Å². The van der Waals surface area contributed by atoms with Crippen molar-refractivity contribution in [3.8, 4) is 0 Å². The third-order valence-electron chi connectivity index (χ3n) is 3.69. The smallest absolute Gasteiger partial charge is 0.320 e. The van der Waals surface area contributed by atoms with E-state index in [1.807, 2.05) is 30.3 Å². The number of carbonyl (C=O) groups excluding carboxylic acids is 1. The van der Waals surface area contributed by atoms with E-state index in [9.17, 15) is 9.59 Å². The lowest BCUT2D eigenvalue weighted by molar-refractivity contribution is 0.250. The number of aromatic nitrogens is 1. The van der Waals surface area contributed by atoms with E-state index in [2.05, 4.69) is 15.6 Å². The van der Waals surface area contributed by atoms with E-state index in [4.69, 9.17) is 23.2 Å². The first-order chi connectivity index (χ1) is 12.5. The predicted molar refractivity (Wildman–Crippen MR) is 104 cm³/mol. The highest BCUT2D eigenvalue weighted by molar-refractivity contribution is 6.42. The fourth-order valence-corrected chi connectivity index (χ4v) is 2.79. The van der Waals surface area contributed by atoms with Gasteiger partial charge in [-0.2, -0.15) is 0 Å². The van der Waals surface area contributed by atoms with Gasteiger partial charge in [0.1, 0.15) is 0 Å². The molecule has 3 N–H and O–H groups in total. The van der Waals surface area contributed by atoms with Gasteiger partial charge < -0.3 is 15.6 Å². The maximum atomic E-state index is 12.5. The number of halogens is 2. The van der Waals surface area contributed by atoms with Crippen LogP contribution in [0.1, 0.15) is 17.3 Å². The van der Waals surface area contributed by atoms with Crippen LogP contribution in [0.5, 0.6) is 0 Å². The second-order valence-electron chi connectivity index (χ2n) is 5.54. The Bertz CT molecular complexity index is 974. The van der Waals surface area contributed by atoms with Gasteiger partial charge in [-0.1, -0.05) is 59.6 Å². The van der Waals surface area contributed by atoms with Crippen molar-refractivity contribution in [3.63, 3.8) is 0 Å². The fraction of sp³-hybridized carbons (Fsp3) is 0.0526. The number of rotatable bonds is 4. The lowest BCUT2D eigenvalue weighted by atomic mass is 10.0. The molecule has 2 amide bonds. The molecular formula is C19H15Cl2N3O2. The van der Waals surface area contributed by atoms with Crippen LogP contribution in [0.3, 0.4) is 0 Å². The van der Waals surface area contributed by atoms with Crippen molar-refractivity contribution in [2.75, 3.05) is 5.32 Å². The number of carbonyl (C=O) groups is 1. The summed E-state index contributed by atoms with van der Waals surface area (Å²) in [7, 11) is 0. The lowest BCUT2D eigenvalue weighted by Gasteiger charge is -2.20. The van der Waals surface area contributed by atoms with E-state index in [0.717, 1.165) is 5.56 Å². The first-order valence-corrected chi connectivity index (χ1v) is 8.55. The maximum Gasteiger partial charge on any atom is 0.320 e. The van der Waals surface area contributed by atoms with Crippen molar-refractivity contribution in [1.82, 2.24) is 10.3 Å². The van der Waals surface area contributed by atoms with Gasteiger partial charge in [0.25, 0.3) is 0 Å². The summed E-state index contributed by atoms with van der Waals surface area (Å²) in [5.74, 6) is 0. The highest BCUT2D eigenvalue weighted by Crippen LogP contribution is 2.25. The third kappa shape index (κ3) is 4.45. The molecule has 3 aromatic rings. The lowest BCUT2D eigenvalue weighted by Crippen LogP contribution is -2.34. The number of benzene rings is 2. The molecule has 0 aliphatic rings. The van der Waals surface area contributed by atoms with Gasteiger partial charge in [-0.25, -0.2) is 4.79 Å². The fourth-order valence-electron chi connectivity index (χ4n) is 2.49. The normalized spacial score (nSPS) is 11.6. The second-order valence-corrected chi connectivity index (χ2v) is 6.36. The van der Waals surface area contributed by atoms with Crippen molar-refractivity contribution in [2.24, 2.45) is 0 Å². The zero-order valence-corrected chi connectivity index (χ0v) is 15.0. The van der Waals surface area contributed by atoms with Crippen LogP contribution in [0.4, 0.5) is 10.5 Å². The number of amides is 2. The molecule has 1 unspecified atom stereocenters. The van der Waals surface area contributed by atoms with E-state index < -0.39 is 12.1 Å². The van der Waals surface area contributed by atoms with E-state index >= 15 is 0 Å². The number of H-pyrrole nitrogens is 1. The largest absolute Gasteiger partial charge is 0.325 e. The molecular weight excluding hydrogens is 373 g/mol. The van der Waals surface area contributed by atoms with Gasteiger partial charge in [-0.15, -0.1) is 0 Å². The Morgan fingerprint density at radius 2 is 1.69 bits per heavy atom. The molecule has 0 spiro atoms. The van der Waals surface area contributed by atoms with E-state index in [0.29, 0.717) is 21.4 Å². The monoisotopic (exact) mass is 387 g/mol. The van der Waals surface area contributed by atoms with E-state index in [1.165, 1.54) is 6.07 Å². The van der Waals surface area contributed by atoms with E-state index in [-0.39, 0.29) is 5.56 Å². The summed E-state index contributed by atoms with van der Waals surface area (Å²) in [6.45, 7) is 0. The predicted octanol–water partition coefficient (Wildman–Crippen LogP) is 4.59. The number of anilines is 1. The molecule has 132 valence electrons. The number of pyridine rings is 1. The first kappa shape index (κ1) is 18.0. The summed E-state index contributed by atoms with van der Waals surface area (Å²) in [6.07, 6.45) is 0. The molecule has 7 heteroatoms. The Labute approximate surface area is 160 Å². The first-order valence-electron chi connectivity index (χ1n) is 7.79. The molecule has 3 rings (SSSR count). The molecule has 26 heavy (non-hydrogen) atoms. The number of hydrogen-bond acceptors (Lipinski definition) is 2. The van der Waals surface area contributed by atoms with Crippen molar-refractivity contribution in [3.05, 3.63) is 98.4 Å². The second kappa shape index (κ2) is 8.08. The van der Waals surface area contributed by atoms with Crippen LogP contribution in [-0.4, -0.2) is 11.0 Å². The SMILES string of the molecule is O=C(Nc1ccc(Cl)c(Cl)c1)NC(c1ccccc1)c1cccc(=O)[nH]1. The van der Waals surface area contributed by atoms with Gasteiger partial charge in [0, 0.05) is 17.4 Å². The number of aromatic amines is 1. The third-order valence-corrected chi connectivity index (χ3v) is 4.43. The molecule has 1 heterocycles. The molecule has 0 aliphatic carbocycles. The molecule has 0 radical (unpaired) electrons. The Kier molecular flexibility index (Phi) is 5.61. The van der Waals surface area contributed by atoms with Crippen LogP contribution >= 0.6 is 23.2 Å². The Balaban J connectivity index is 1.84. The van der Waals surface area contributed by atoms with Crippen LogP contribution in [0.2, 0.25) is 10.0 Å². The van der Waals surface area contributed by atoms with Crippen molar-refractivity contribution >= 4 is 34.9 Å². The summed E-state index contributed by atoms with van der Waals surface area (Å²) in [6, 6.07) is 18.0. The quantitative estimate of drug-likeness (QED) is 0.612. The molecule has 1 atom stereocenters. The minimum Gasteiger partial charge on any atom is -0.325 e. The van der Waals surface area contributed by atoms with Crippen LogP contribution < -0.4 is 16.2 Å². The highest BCUT2D eigenvalue weighted by atomic mass is 35.5. The summed E-state index contributed by atoms with van der Waals surface area (Å²) in [4.78, 5) is 26.9. The number of nitrogens with one attached hydrogen (secondary N) is 3. The Morgan fingerprint density at radius 1 is 0.923 bits per heavy atom. The van der Waals surface area contributed by atoms with Gasteiger partial charge in [-0.3, -0.25) is 4.79 Å². The van der Waals surface area contributed by atoms with Crippen molar-refractivity contribution < 1.29 is 4.79 Å².